The molecule has 0 aliphatic carbocycles. The van der Waals surface area contributed by atoms with E-state index in [2.05, 4.69) is 0 Å². The van der Waals surface area contributed by atoms with Crippen molar-refractivity contribution in [2.75, 3.05) is 0 Å². The summed E-state index contributed by atoms with van der Waals surface area (Å²) in [7, 11) is 0. The van der Waals surface area contributed by atoms with Crippen LogP contribution in [0, 0.1) is 11.7 Å². The van der Waals surface area contributed by atoms with Crippen molar-refractivity contribution in [2.24, 2.45) is 5.92 Å². The van der Waals surface area contributed by atoms with Crippen LogP contribution in [0.3, 0.4) is 0 Å². The molecular weight excluding hydrogens is 240 g/mol. The molecule has 0 bridgehead atoms. The summed E-state index contributed by atoms with van der Waals surface area (Å²) in [5, 5.41) is 8.63. The van der Waals surface area contributed by atoms with E-state index in [1.807, 2.05) is 0 Å². The molecule has 0 fully saturated rings. The number of halogens is 4. The molecule has 1 atom stereocenters. The summed E-state index contributed by atoms with van der Waals surface area (Å²) < 4.78 is 50.9. The first-order valence-corrected chi connectivity index (χ1v) is 4.81. The Balaban J connectivity index is 3.16. The summed E-state index contributed by atoms with van der Waals surface area (Å²) in [6.45, 7) is 1.27. The van der Waals surface area contributed by atoms with Crippen LogP contribution in [0.1, 0.15) is 18.1 Å². The van der Waals surface area contributed by atoms with Gasteiger partial charge in [0.25, 0.3) is 0 Å². The number of carbonyl (C=O) groups is 1. The van der Waals surface area contributed by atoms with Crippen LogP contribution in [0.25, 0.3) is 0 Å². The van der Waals surface area contributed by atoms with Crippen LogP contribution >= 0.6 is 0 Å². The molecule has 0 saturated carbocycles. The molecule has 0 aliphatic heterocycles. The summed E-state index contributed by atoms with van der Waals surface area (Å²) in [6, 6.07) is 2.93. The molecule has 1 rings (SSSR count). The molecule has 1 aromatic carbocycles. The fraction of sp³-hybridized carbons (Fsp3) is 0.364. The van der Waals surface area contributed by atoms with E-state index in [0.29, 0.717) is 6.07 Å². The summed E-state index contributed by atoms with van der Waals surface area (Å²) in [6.07, 6.45) is -5.18. The Morgan fingerprint density at radius 2 is 2.00 bits per heavy atom. The number of alkyl halides is 3. The van der Waals surface area contributed by atoms with Crippen LogP contribution in [0.2, 0.25) is 0 Å². The first kappa shape index (κ1) is 13.5. The molecule has 0 aromatic heterocycles. The quantitative estimate of drug-likeness (QED) is 0.837. The fourth-order valence-electron chi connectivity index (χ4n) is 1.47. The van der Waals surface area contributed by atoms with Crippen molar-refractivity contribution in [1.29, 1.82) is 0 Å². The topological polar surface area (TPSA) is 37.3 Å². The predicted octanol–water partition coefficient (Wildman–Crippen LogP) is 3.11. The van der Waals surface area contributed by atoms with E-state index >= 15 is 0 Å². The molecule has 94 valence electrons. The number of benzene rings is 1. The molecule has 1 unspecified atom stereocenters. The molecule has 0 spiro atoms. The largest absolute Gasteiger partial charge is 0.481 e. The zero-order valence-electron chi connectivity index (χ0n) is 8.88. The van der Waals surface area contributed by atoms with Crippen molar-refractivity contribution in [3.8, 4) is 0 Å². The minimum absolute atomic E-state index is 0.340. The normalized spacial score (nSPS) is 13.5. The van der Waals surface area contributed by atoms with Crippen molar-refractivity contribution in [1.82, 2.24) is 0 Å². The molecular formula is C11H10F4O2. The molecule has 0 aliphatic rings. The van der Waals surface area contributed by atoms with E-state index in [0.717, 1.165) is 12.1 Å². The number of carboxylic acids is 1. The Bertz CT molecular complexity index is 426. The Labute approximate surface area is 94.9 Å². The van der Waals surface area contributed by atoms with Gasteiger partial charge in [0.1, 0.15) is 5.82 Å². The minimum Gasteiger partial charge on any atom is -0.481 e. The SMILES string of the molecule is CC(Cc1cccc(F)c1C(F)(F)F)C(=O)O. The third kappa shape index (κ3) is 3.18. The molecule has 0 radical (unpaired) electrons. The van der Waals surface area contributed by atoms with Gasteiger partial charge in [0.05, 0.1) is 11.5 Å². The number of hydrogen-bond acceptors (Lipinski definition) is 1. The lowest BCUT2D eigenvalue weighted by molar-refractivity contribution is -0.143. The standard InChI is InChI=1S/C11H10F4O2/c1-6(10(16)17)5-7-3-2-4-8(12)9(7)11(13,14)15/h2-4,6H,5H2,1H3,(H,16,17). The molecule has 0 heterocycles. The smallest absolute Gasteiger partial charge is 0.419 e. The maximum Gasteiger partial charge on any atom is 0.419 e. The Hall–Kier alpha value is -1.59. The summed E-state index contributed by atoms with van der Waals surface area (Å²) in [4.78, 5) is 10.6. The minimum atomic E-state index is -4.82. The van der Waals surface area contributed by atoms with E-state index in [-0.39, 0.29) is 12.0 Å². The van der Waals surface area contributed by atoms with Crippen molar-refractivity contribution >= 4 is 5.97 Å². The Morgan fingerprint density at radius 3 is 2.47 bits per heavy atom. The average Bonchev–Trinajstić information content (AvgIpc) is 2.15. The third-order valence-corrected chi connectivity index (χ3v) is 2.33. The van der Waals surface area contributed by atoms with Gasteiger partial charge in [-0.05, 0) is 18.1 Å². The lowest BCUT2D eigenvalue weighted by Crippen LogP contribution is -2.17. The van der Waals surface area contributed by atoms with Crippen LogP contribution in [-0.2, 0) is 17.4 Å². The van der Waals surface area contributed by atoms with Crippen LogP contribution in [-0.4, -0.2) is 11.1 Å². The molecule has 6 heteroatoms. The van der Waals surface area contributed by atoms with Gasteiger partial charge in [0.15, 0.2) is 0 Å². The second-order valence-corrected chi connectivity index (χ2v) is 3.72. The van der Waals surface area contributed by atoms with Gasteiger partial charge in [-0.15, -0.1) is 0 Å². The number of hydrogen-bond donors (Lipinski definition) is 1. The summed E-state index contributed by atoms with van der Waals surface area (Å²) in [5.41, 5.74) is -1.72. The highest BCUT2D eigenvalue weighted by Gasteiger charge is 2.37. The first-order chi connectivity index (χ1) is 7.73. The van der Waals surface area contributed by atoms with Gasteiger partial charge in [0, 0.05) is 0 Å². The van der Waals surface area contributed by atoms with Crippen molar-refractivity contribution in [3.05, 3.63) is 35.1 Å². The highest BCUT2D eigenvalue weighted by atomic mass is 19.4. The third-order valence-electron chi connectivity index (χ3n) is 2.33. The van der Waals surface area contributed by atoms with Crippen LogP contribution in [0.15, 0.2) is 18.2 Å². The Morgan fingerprint density at radius 1 is 1.41 bits per heavy atom. The number of rotatable bonds is 3. The highest BCUT2D eigenvalue weighted by molar-refractivity contribution is 5.70. The molecule has 0 amide bonds. The van der Waals surface area contributed by atoms with E-state index in [1.165, 1.54) is 6.92 Å². The van der Waals surface area contributed by atoms with Gasteiger partial charge < -0.3 is 5.11 Å². The second kappa shape index (κ2) is 4.73. The summed E-state index contributed by atoms with van der Waals surface area (Å²) in [5.74, 6) is -3.60. The van der Waals surface area contributed by atoms with Gasteiger partial charge in [0.2, 0.25) is 0 Å². The first-order valence-electron chi connectivity index (χ1n) is 4.81. The van der Waals surface area contributed by atoms with Crippen molar-refractivity contribution in [2.45, 2.75) is 19.5 Å². The van der Waals surface area contributed by atoms with Crippen molar-refractivity contribution in [3.63, 3.8) is 0 Å². The lowest BCUT2D eigenvalue weighted by Gasteiger charge is -2.15. The van der Waals surface area contributed by atoms with Gasteiger partial charge in [-0.1, -0.05) is 19.1 Å². The Kier molecular flexibility index (Phi) is 3.75. The molecule has 17 heavy (non-hydrogen) atoms. The van der Waals surface area contributed by atoms with E-state index in [1.54, 1.807) is 0 Å². The molecule has 2 nitrogen and oxygen atoms in total. The average molecular weight is 250 g/mol. The monoisotopic (exact) mass is 250 g/mol. The van der Waals surface area contributed by atoms with Crippen molar-refractivity contribution < 1.29 is 27.5 Å². The summed E-state index contributed by atoms with van der Waals surface area (Å²) >= 11 is 0. The van der Waals surface area contributed by atoms with Gasteiger partial charge >= 0.3 is 12.1 Å². The maximum atomic E-state index is 13.1. The highest BCUT2D eigenvalue weighted by Crippen LogP contribution is 2.34. The zero-order chi connectivity index (χ0) is 13.2. The van der Waals surface area contributed by atoms with E-state index in [9.17, 15) is 22.4 Å². The fourth-order valence-corrected chi connectivity index (χ4v) is 1.47. The predicted molar refractivity (Wildman–Crippen MR) is 51.9 cm³/mol. The van der Waals surface area contributed by atoms with Crippen LogP contribution in [0.4, 0.5) is 17.6 Å². The molecule has 1 N–H and O–H groups in total. The second-order valence-electron chi connectivity index (χ2n) is 3.72. The number of aliphatic carboxylic acids is 1. The van der Waals surface area contributed by atoms with E-state index in [4.69, 9.17) is 5.11 Å². The maximum absolute atomic E-state index is 13.1. The van der Waals surface area contributed by atoms with Gasteiger partial charge in [-0.25, -0.2) is 4.39 Å². The van der Waals surface area contributed by atoms with Crippen LogP contribution in [0.5, 0.6) is 0 Å². The van der Waals surface area contributed by atoms with E-state index < -0.39 is 29.4 Å². The van der Waals surface area contributed by atoms with Gasteiger partial charge in [-0.3, -0.25) is 4.79 Å². The van der Waals surface area contributed by atoms with Crippen LogP contribution < -0.4 is 0 Å². The molecule has 0 saturated heterocycles. The molecule has 1 aromatic rings. The van der Waals surface area contributed by atoms with Gasteiger partial charge in [-0.2, -0.15) is 13.2 Å². The zero-order valence-corrected chi connectivity index (χ0v) is 8.88. The number of carboxylic acid groups (broad SMARTS) is 1. The lowest BCUT2D eigenvalue weighted by atomic mass is 9.96.